The molecule has 2 saturated carbocycles. The molecule has 2 heterocycles. The molecule has 2 N–H and O–H groups in total. The Morgan fingerprint density at radius 1 is 0.808 bits per heavy atom. The second kappa shape index (κ2) is 14.2. The summed E-state index contributed by atoms with van der Waals surface area (Å²) in [7, 11) is 0. The van der Waals surface area contributed by atoms with Crippen LogP contribution in [0.2, 0.25) is 0 Å². The van der Waals surface area contributed by atoms with Crippen LogP contribution in [0.5, 0.6) is 0 Å². The molecule has 2 aromatic carbocycles. The predicted molar refractivity (Wildman–Crippen MR) is 197 cm³/mol. The first-order valence-corrected chi connectivity index (χ1v) is 18.7. The van der Waals surface area contributed by atoms with E-state index >= 15 is 0 Å². The van der Waals surface area contributed by atoms with Crippen molar-refractivity contribution in [3.63, 3.8) is 0 Å². The zero-order valence-corrected chi connectivity index (χ0v) is 31.2. The van der Waals surface area contributed by atoms with E-state index < -0.39 is 17.8 Å². The molecular formula is C42H52F4N4O2. The van der Waals surface area contributed by atoms with Crippen molar-refractivity contribution in [3.8, 4) is 22.4 Å². The molecule has 280 valence electrons. The second-order valence-corrected chi connectivity index (χ2v) is 17.5. The number of nitrogens with one attached hydrogen (secondary N) is 2. The van der Waals surface area contributed by atoms with Crippen molar-refractivity contribution in [3.05, 3.63) is 60.0 Å². The van der Waals surface area contributed by atoms with Gasteiger partial charge >= 0.3 is 0 Å². The second-order valence-electron chi connectivity index (χ2n) is 17.5. The first-order chi connectivity index (χ1) is 24.3. The van der Waals surface area contributed by atoms with Gasteiger partial charge in [-0.1, -0.05) is 71.9 Å². The zero-order valence-electron chi connectivity index (χ0n) is 31.2. The molecule has 3 aliphatic rings. The van der Waals surface area contributed by atoms with E-state index in [1.54, 1.807) is 6.20 Å². The highest BCUT2D eigenvalue weighted by atomic mass is 19.3. The van der Waals surface area contributed by atoms with Gasteiger partial charge in [0.2, 0.25) is 17.8 Å². The van der Waals surface area contributed by atoms with Gasteiger partial charge in [0.05, 0.1) is 23.6 Å². The Bertz CT molecular complexity index is 1800. The normalized spacial score (nSPS) is 20.5. The van der Waals surface area contributed by atoms with E-state index in [-0.39, 0.29) is 98.2 Å². The Morgan fingerprint density at radius 3 is 1.94 bits per heavy atom. The van der Waals surface area contributed by atoms with Crippen LogP contribution in [0.15, 0.2) is 53.7 Å². The number of halogens is 4. The third-order valence-electron chi connectivity index (χ3n) is 11.4. The Labute approximate surface area is 304 Å². The van der Waals surface area contributed by atoms with Crippen molar-refractivity contribution >= 4 is 23.1 Å². The van der Waals surface area contributed by atoms with Gasteiger partial charge < -0.3 is 10.3 Å². The molecule has 3 aromatic rings. The molecule has 0 radical (unpaired) electrons. The van der Waals surface area contributed by atoms with Crippen LogP contribution in [0.4, 0.5) is 23.2 Å². The SMILES string of the molecule is CC(C)(C)[C@H](NC(=O)C1CCC(F)(F)CC1)C1=Nc2ccc(-c3ccc(-c4cnc([C@@H](CC(=O)C5CCC(F)(F)CC5)C(C)(C)C)[nH]4)cc3)cc2C1. The lowest BCUT2D eigenvalue weighted by molar-refractivity contribution is -0.130. The number of rotatable bonds is 9. The lowest BCUT2D eigenvalue weighted by atomic mass is 9.74. The number of carbonyl (C=O) groups excluding carboxylic acids is 2. The number of imidazole rings is 1. The summed E-state index contributed by atoms with van der Waals surface area (Å²) in [6, 6.07) is 14.0. The van der Waals surface area contributed by atoms with Gasteiger partial charge in [-0.3, -0.25) is 14.6 Å². The summed E-state index contributed by atoms with van der Waals surface area (Å²) in [5, 5.41) is 3.18. The number of alkyl halides is 4. The molecule has 1 amide bonds. The molecule has 2 aliphatic carbocycles. The van der Waals surface area contributed by atoms with Crippen molar-refractivity contribution < 1.29 is 27.2 Å². The third kappa shape index (κ3) is 8.69. The molecule has 52 heavy (non-hydrogen) atoms. The van der Waals surface area contributed by atoms with Gasteiger partial charge in [-0.05, 0) is 70.9 Å². The third-order valence-corrected chi connectivity index (χ3v) is 11.4. The van der Waals surface area contributed by atoms with Crippen molar-refractivity contribution in [1.82, 2.24) is 15.3 Å². The summed E-state index contributed by atoms with van der Waals surface area (Å²) < 4.78 is 54.9. The van der Waals surface area contributed by atoms with E-state index in [1.807, 2.05) is 24.3 Å². The molecule has 2 fully saturated rings. The van der Waals surface area contributed by atoms with Crippen LogP contribution in [0.3, 0.4) is 0 Å². The van der Waals surface area contributed by atoms with E-state index in [1.165, 1.54) is 0 Å². The molecule has 6 rings (SSSR count). The number of Topliss-reactive ketones (excluding diaryl/α,β-unsaturated/α-hetero) is 1. The highest BCUT2D eigenvalue weighted by Crippen LogP contribution is 2.42. The van der Waals surface area contributed by atoms with E-state index in [4.69, 9.17) is 9.98 Å². The molecular weight excluding hydrogens is 668 g/mol. The van der Waals surface area contributed by atoms with Crippen LogP contribution in [0.25, 0.3) is 22.4 Å². The van der Waals surface area contributed by atoms with Gasteiger partial charge in [0, 0.05) is 62.0 Å². The van der Waals surface area contributed by atoms with Gasteiger partial charge in [0.25, 0.3) is 0 Å². The average Bonchev–Trinajstić information content (AvgIpc) is 3.72. The Morgan fingerprint density at radius 2 is 1.37 bits per heavy atom. The lowest BCUT2D eigenvalue weighted by Crippen LogP contribution is -2.51. The Kier molecular flexibility index (Phi) is 10.4. The summed E-state index contributed by atoms with van der Waals surface area (Å²) in [6.07, 6.45) is 2.55. The summed E-state index contributed by atoms with van der Waals surface area (Å²) in [6.45, 7) is 12.4. The number of amides is 1. The highest BCUT2D eigenvalue weighted by Gasteiger charge is 2.41. The van der Waals surface area contributed by atoms with Crippen LogP contribution in [-0.2, 0) is 16.0 Å². The minimum Gasteiger partial charge on any atom is -0.347 e. The number of benzene rings is 2. The van der Waals surface area contributed by atoms with Crippen molar-refractivity contribution in [2.24, 2.45) is 27.7 Å². The number of nitrogens with zero attached hydrogens (tertiary/aromatic N) is 2. The smallest absolute Gasteiger partial charge is 0.248 e. The number of aromatic amines is 1. The van der Waals surface area contributed by atoms with Crippen LogP contribution < -0.4 is 5.32 Å². The molecule has 0 saturated heterocycles. The molecule has 0 unspecified atom stereocenters. The molecule has 0 spiro atoms. The van der Waals surface area contributed by atoms with Gasteiger partial charge in [-0.25, -0.2) is 22.5 Å². The monoisotopic (exact) mass is 720 g/mol. The fourth-order valence-electron chi connectivity index (χ4n) is 7.98. The highest BCUT2D eigenvalue weighted by molar-refractivity contribution is 6.01. The minimum atomic E-state index is -2.68. The van der Waals surface area contributed by atoms with Gasteiger partial charge in [-0.15, -0.1) is 0 Å². The van der Waals surface area contributed by atoms with Crippen LogP contribution >= 0.6 is 0 Å². The number of hydrogen-bond donors (Lipinski definition) is 2. The van der Waals surface area contributed by atoms with Crippen LogP contribution in [-0.4, -0.2) is 45.3 Å². The first kappa shape index (κ1) is 37.9. The number of carbonyl (C=O) groups is 2. The molecule has 10 heteroatoms. The fraction of sp³-hybridized carbons (Fsp3) is 0.571. The Balaban J connectivity index is 1.12. The number of aliphatic imine (C=N–C) groups is 1. The van der Waals surface area contributed by atoms with Gasteiger partial charge in [-0.2, -0.15) is 0 Å². The summed E-state index contributed by atoms with van der Waals surface area (Å²) in [5.74, 6) is -5.67. The van der Waals surface area contributed by atoms with Gasteiger partial charge in [0.15, 0.2) is 0 Å². The summed E-state index contributed by atoms with van der Waals surface area (Å²) in [5.41, 5.74) is 6.09. The maximum Gasteiger partial charge on any atom is 0.248 e. The van der Waals surface area contributed by atoms with Crippen LogP contribution in [0.1, 0.15) is 117 Å². The fourth-order valence-corrected chi connectivity index (χ4v) is 7.98. The summed E-state index contributed by atoms with van der Waals surface area (Å²) >= 11 is 0. The Hall–Kier alpha value is -3.82. The summed E-state index contributed by atoms with van der Waals surface area (Å²) in [4.78, 5) is 39.5. The molecule has 0 bridgehead atoms. The van der Waals surface area contributed by atoms with E-state index in [2.05, 4.69) is 70.0 Å². The van der Waals surface area contributed by atoms with E-state index in [9.17, 15) is 27.2 Å². The van der Waals surface area contributed by atoms with E-state index in [0.717, 1.165) is 45.2 Å². The van der Waals surface area contributed by atoms with E-state index in [0.29, 0.717) is 6.42 Å². The molecule has 6 nitrogen and oxygen atoms in total. The van der Waals surface area contributed by atoms with Crippen molar-refractivity contribution in [2.75, 3.05) is 0 Å². The topological polar surface area (TPSA) is 87.2 Å². The van der Waals surface area contributed by atoms with Crippen molar-refractivity contribution in [2.45, 2.75) is 130 Å². The minimum absolute atomic E-state index is 0.0393. The van der Waals surface area contributed by atoms with Crippen molar-refractivity contribution in [1.29, 1.82) is 0 Å². The molecule has 1 aromatic heterocycles. The lowest BCUT2D eigenvalue weighted by Gasteiger charge is -2.34. The number of fused-ring (bicyclic) bond motifs is 1. The number of hydrogen-bond acceptors (Lipinski definition) is 4. The maximum atomic E-state index is 13.7. The molecule has 2 atom stereocenters. The van der Waals surface area contributed by atoms with Gasteiger partial charge in [0.1, 0.15) is 11.6 Å². The maximum absolute atomic E-state index is 13.7. The average molecular weight is 721 g/mol. The quantitative estimate of drug-likeness (QED) is 0.216. The number of H-pyrrole nitrogens is 1. The molecule has 1 aliphatic heterocycles. The standard InChI is InChI=1S/C42H52F4N4O2/c1-39(2,3)31(23-35(51)27-13-17-41(43,44)18-14-27)37-47-24-34(49-37)26-9-7-25(8-10-26)29-11-12-32-30(21-29)22-33(48-32)36(40(4,5)6)50-38(52)28-15-19-42(45,46)20-16-28/h7-12,21,24,27-28,31,36H,13-20,22-23H2,1-6H3,(H,47,49)(H,50,52)/t31-,36-/m1/s1. The number of aromatic nitrogens is 2. The zero-order chi connectivity index (χ0) is 37.6. The number of ketones is 1. The predicted octanol–water partition coefficient (Wildman–Crippen LogP) is 10.6. The largest absolute Gasteiger partial charge is 0.347 e. The van der Waals surface area contributed by atoms with Crippen LogP contribution in [0, 0.1) is 22.7 Å². The first-order valence-electron chi connectivity index (χ1n) is 18.7.